The van der Waals surface area contributed by atoms with Crippen molar-refractivity contribution in [1.29, 1.82) is 0 Å². The second-order valence-corrected chi connectivity index (χ2v) is 6.02. The van der Waals surface area contributed by atoms with Gasteiger partial charge in [-0.1, -0.05) is 43.7 Å². The highest BCUT2D eigenvalue weighted by atomic mass is 16.2. The summed E-state index contributed by atoms with van der Waals surface area (Å²) in [6.07, 6.45) is 4.76. The summed E-state index contributed by atoms with van der Waals surface area (Å²) in [6.45, 7) is 4.10. The maximum Gasteiger partial charge on any atom is 0.226 e. The van der Waals surface area contributed by atoms with Crippen molar-refractivity contribution in [1.82, 2.24) is 4.90 Å². The van der Waals surface area contributed by atoms with Crippen molar-refractivity contribution in [2.75, 3.05) is 13.1 Å². The van der Waals surface area contributed by atoms with Crippen LogP contribution in [0.3, 0.4) is 0 Å². The largest absolute Gasteiger partial charge is 0.342 e. The number of hydrogen-bond donors (Lipinski definition) is 0. The molecule has 1 aliphatic heterocycles. The van der Waals surface area contributed by atoms with Crippen LogP contribution >= 0.6 is 0 Å². The van der Waals surface area contributed by atoms with E-state index in [0.717, 1.165) is 19.5 Å². The van der Waals surface area contributed by atoms with Gasteiger partial charge in [0.05, 0.1) is 0 Å². The third-order valence-corrected chi connectivity index (χ3v) is 4.80. The molecule has 1 heterocycles. The first-order chi connectivity index (χ1) is 9.31. The molecular weight excluding hydrogens is 234 g/mol. The number of hydrogen-bond acceptors (Lipinski definition) is 1. The molecule has 2 nitrogen and oxygen atoms in total. The van der Waals surface area contributed by atoms with E-state index in [2.05, 4.69) is 42.2 Å². The third kappa shape index (κ3) is 2.29. The van der Waals surface area contributed by atoms with Gasteiger partial charge in [0.15, 0.2) is 0 Å². The minimum Gasteiger partial charge on any atom is -0.342 e. The van der Waals surface area contributed by atoms with Gasteiger partial charge in [0.25, 0.3) is 0 Å². The summed E-state index contributed by atoms with van der Waals surface area (Å²) in [4.78, 5) is 14.7. The topological polar surface area (TPSA) is 20.3 Å². The molecule has 0 spiro atoms. The van der Waals surface area contributed by atoms with Crippen molar-refractivity contribution in [3.8, 4) is 0 Å². The molecule has 3 rings (SSSR count). The van der Waals surface area contributed by atoms with Gasteiger partial charge in [-0.25, -0.2) is 0 Å². The standard InChI is InChI=1S/C17H23NO/c1-2-11-18-12-14-9-6-10-15(16(14)17(18)19)13-7-4-3-5-8-13/h3-5,7-8,14-16H,2,6,9-12H2,1H3/t14-,15+,16+/m0/s1. The van der Waals surface area contributed by atoms with Crippen LogP contribution in [-0.2, 0) is 4.79 Å². The molecule has 1 amide bonds. The quantitative estimate of drug-likeness (QED) is 0.812. The van der Waals surface area contributed by atoms with Crippen LogP contribution in [0.15, 0.2) is 30.3 Å². The average Bonchev–Trinajstić information content (AvgIpc) is 2.77. The Hall–Kier alpha value is -1.31. The summed E-state index contributed by atoms with van der Waals surface area (Å²) in [5.74, 6) is 1.72. The monoisotopic (exact) mass is 257 g/mol. The van der Waals surface area contributed by atoms with Gasteiger partial charge in [0.1, 0.15) is 0 Å². The minimum atomic E-state index is 0.252. The van der Waals surface area contributed by atoms with Crippen LogP contribution in [-0.4, -0.2) is 23.9 Å². The minimum absolute atomic E-state index is 0.252. The van der Waals surface area contributed by atoms with Gasteiger partial charge in [-0.05, 0) is 36.7 Å². The summed E-state index contributed by atoms with van der Waals surface area (Å²) in [5, 5.41) is 0. The van der Waals surface area contributed by atoms with Gasteiger partial charge in [-0.3, -0.25) is 4.79 Å². The molecule has 2 fully saturated rings. The molecule has 1 aromatic rings. The second kappa shape index (κ2) is 5.36. The lowest BCUT2D eigenvalue weighted by atomic mass is 9.71. The predicted molar refractivity (Wildman–Crippen MR) is 76.9 cm³/mol. The molecule has 1 saturated heterocycles. The van der Waals surface area contributed by atoms with Crippen molar-refractivity contribution < 1.29 is 4.79 Å². The highest BCUT2D eigenvalue weighted by Gasteiger charge is 2.46. The Labute approximate surface area is 115 Å². The fourth-order valence-corrected chi connectivity index (χ4v) is 4.00. The summed E-state index contributed by atoms with van der Waals surface area (Å²) < 4.78 is 0. The van der Waals surface area contributed by atoms with Crippen LogP contribution in [0.4, 0.5) is 0 Å². The number of fused-ring (bicyclic) bond motifs is 1. The van der Waals surface area contributed by atoms with Gasteiger partial charge >= 0.3 is 0 Å². The highest BCUT2D eigenvalue weighted by Crippen LogP contribution is 2.45. The number of rotatable bonds is 3. The SMILES string of the molecule is CCCN1C[C@@H]2CCC[C@H](c3ccccc3)[C@@H]2C1=O. The van der Waals surface area contributed by atoms with Crippen LogP contribution in [0.25, 0.3) is 0 Å². The van der Waals surface area contributed by atoms with E-state index in [1.54, 1.807) is 0 Å². The molecule has 1 aliphatic carbocycles. The van der Waals surface area contributed by atoms with Gasteiger partial charge < -0.3 is 4.90 Å². The second-order valence-electron chi connectivity index (χ2n) is 6.02. The Balaban J connectivity index is 1.85. The first-order valence-electron chi connectivity index (χ1n) is 7.65. The molecular formula is C17H23NO. The Kier molecular flexibility index (Phi) is 3.58. The lowest BCUT2D eigenvalue weighted by molar-refractivity contribution is -0.132. The molecule has 1 saturated carbocycles. The summed E-state index contributed by atoms with van der Waals surface area (Å²) in [6, 6.07) is 10.7. The number of benzene rings is 1. The maximum atomic E-state index is 12.6. The van der Waals surface area contributed by atoms with Gasteiger partial charge in [-0.15, -0.1) is 0 Å². The zero-order valence-electron chi connectivity index (χ0n) is 11.7. The fraction of sp³-hybridized carbons (Fsp3) is 0.588. The molecule has 0 aromatic heterocycles. The maximum absolute atomic E-state index is 12.6. The summed E-state index contributed by atoms with van der Waals surface area (Å²) in [7, 11) is 0. The summed E-state index contributed by atoms with van der Waals surface area (Å²) >= 11 is 0. The first-order valence-corrected chi connectivity index (χ1v) is 7.65. The van der Waals surface area contributed by atoms with Crippen LogP contribution in [0, 0.1) is 11.8 Å². The van der Waals surface area contributed by atoms with E-state index < -0.39 is 0 Å². The molecule has 0 bridgehead atoms. The van der Waals surface area contributed by atoms with E-state index in [1.165, 1.54) is 24.8 Å². The van der Waals surface area contributed by atoms with Gasteiger partial charge in [0, 0.05) is 19.0 Å². The zero-order chi connectivity index (χ0) is 13.2. The van der Waals surface area contributed by atoms with Crippen LogP contribution in [0.5, 0.6) is 0 Å². The van der Waals surface area contributed by atoms with Crippen LogP contribution < -0.4 is 0 Å². The Bertz CT molecular complexity index is 442. The van der Waals surface area contributed by atoms with Crippen molar-refractivity contribution in [2.24, 2.45) is 11.8 Å². The number of carbonyl (C=O) groups excluding carboxylic acids is 1. The van der Waals surface area contributed by atoms with E-state index in [9.17, 15) is 4.79 Å². The Morgan fingerprint density at radius 2 is 2.00 bits per heavy atom. The number of carbonyl (C=O) groups is 1. The van der Waals surface area contributed by atoms with Crippen molar-refractivity contribution in [2.45, 2.75) is 38.5 Å². The molecule has 2 heteroatoms. The van der Waals surface area contributed by atoms with Crippen molar-refractivity contribution >= 4 is 5.91 Å². The number of nitrogens with zero attached hydrogens (tertiary/aromatic N) is 1. The van der Waals surface area contributed by atoms with Crippen molar-refractivity contribution in [3.05, 3.63) is 35.9 Å². The van der Waals surface area contributed by atoms with E-state index >= 15 is 0 Å². The van der Waals surface area contributed by atoms with Gasteiger partial charge in [-0.2, -0.15) is 0 Å². The van der Waals surface area contributed by atoms with Gasteiger partial charge in [0.2, 0.25) is 5.91 Å². The van der Waals surface area contributed by atoms with E-state index in [4.69, 9.17) is 0 Å². The van der Waals surface area contributed by atoms with Crippen LogP contribution in [0.1, 0.15) is 44.1 Å². The molecule has 3 atom stereocenters. The number of amides is 1. The highest BCUT2D eigenvalue weighted by molar-refractivity contribution is 5.82. The predicted octanol–water partition coefficient (Wildman–Crippen LogP) is 3.44. The lowest BCUT2D eigenvalue weighted by Gasteiger charge is -2.31. The molecule has 0 unspecified atom stereocenters. The molecule has 19 heavy (non-hydrogen) atoms. The number of likely N-dealkylation sites (tertiary alicyclic amines) is 1. The lowest BCUT2D eigenvalue weighted by Crippen LogP contribution is -2.31. The van der Waals surface area contributed by atoms with E-state index in [-0.39, 0.29) is 5.92 Å². The molecule has 2 aliphatic rings. The van der Waals surface area contributed by atoms with Crippen molar-refractivity contribution in [3.63, 3.8) is 0 Å². The molecule has 102 valence electrons. The summed E-state index contributed by atoms with van der Waals surface area (Å²) in [5.41, 5.74) is 1.36. The Morgan fingerprint density at radius 1 is 1.21 bits per heavy atom. The molecule has 1 aromatic carbocycles. The van der Waals surface area contributed by atoms with Crippen LogP contribution in [0.2, 0.25) is 0 Å². The third-order valence-electron chi connectivity index (χ3n) is 4.80. The first kappa shape index (κ1) is 12.7. The van der Waals surface area contributed by atoms with E-state index in [1.807, 2.05) is 0 Å². The Morgan fingerprint density at radius 3 is 2.74 bits per heavy atom. The molecule has 0 radical (unpaired) electrons. The molecule has 0 N–H and O–H groups in total. The van der Waals surface area contributed by atoms with E-state index in [0.29, 0.717) is 17.7 Å². The fourth-order valence-electron chi connectivity index (χ4n) is 4.00. The zero-order valence-corrected chi connectivity index (χ0v) is 11.7. The smallest absolute Gasteiger partial charge is 0.226 e. The average molecular weight is 257 g/mol. The normalized spacial score (nSPS) is 30.5.